The Morgan fingerprint density at radius 1 is 0.973 bits per heavy atom. The number of benzene rings is 1. The molecule has 1 aliphatic heterocycles. The molecule has 0 N–H and O–H groups in total. The van der Waals surface area contributed by atoms with E-state index in [0.717, 1.165) is 12.8 Å². The van der Waals surface area contributed by atoms with Crippen molar-refractivity contribution in [3.63, 3.8) is 0 Å². The molecule has 0 amide bonds. The Hall–Kier alpha value is -1.74. The van der Waals surface area contributed by atoms with Crippen LogP contribution < -0.4 is 0 Å². The van der Waals surface area contributed by atoms with Gasteiger partial charge in [0.15, 0.2) is 16.6 Å². The predicted octanol–water partition coefficient (Wildman–Crippen LogP) is 8.69. The van der Waals surface area contributed by atoms with Crippen LogP contribution in [0.4, 0.5) is 0 Å². The van der Waals surface area contributed by atoms with Crippen LogP contribution in [0.15, 0.2) is 60.7 Å². The molecule has 0 unspecified atom stereocenters. The Morgan fingerprint density at radius 2 is 1.57 bits per heavy atom. The molecule has 6 heteroatoms. The molecule has 0 fully saturated rings. The molecule has 4 nitrogen and oxygen atoms in total. The molecule has 3 atom stereocenters. The molecule has 0 aromatic heterocycles. The molecular weight excluding hydrogens is 493 g/mol. The van der Waals surface area contributed by atoms with Crippen LogP contribution in [0.25, 0.3) is 6.08 Å². The first-order valence-corrected chi connectivity index (χ1v) is 19.4. The Balaban J connectivity index is 2.31. The fourth-order valence-electron chi connectivity index (χ4n) is 3.58. The van der Waals surface area contributed by atoms with Gasteiger partial charge in [-0.05, 0) is 54.3 Å². The maximum absolute atomic E-state index is 11.6. The fourth-order valence-corrected chi connectivity index (χ4v) is 6.25. The minimum atomic E-state index is -2.02. The van der Waals surface area contributed by atoms with Crippen molar-refractivity contribution in [1.82, 2.24) is 0 Å². The van der Waals surface area contributed by atoms with Crippen molar-refractivity contribution in [1.29, 1.82) is 0 Å². The number of esters is 1. The normalized spacial score (nSPS) is 19.4. The summed E-state index contributed by atoms with van der Waals surface area (Å²) in [7, 11) is -4.03. The van der Waals surface area contributed by atoms with E-state index >= 15 is 0 Å². The number of ether oxygens (including phenoxy) is 1. The summed E-state index contributed by atoms with van der Waals surface area (Å²) < 4.78 is 19.3. The zero-order valence-electron chi connectivity index (χ0n) is 24.8. The second-order valence-corrected chi connectivity index (χ2v) is 22.7. The molecule has 2 rings (SSSR count). The van der Waals surface area contributed by atoms with Crippen LogP contribution in [0, 0.1) is 0 Å². The molecule has 0 saturated carbocycles. The van der Waals surface area contributed by atoms with E-state index in [1.54, 1.807) is 0 Å². The molecule has 206 valence electrons. The molecule has 1 aromatic rings. The maximum atomic E-state index is 11.6. The van der Waals surface area contributed by atoms with Gasteiger partial charge in [0.05, 0.1) is 12.2 Å². The van der Waals surface area contributed by atoms with Gasteiger partial charge in [0, 0.05) is 18.9 Å². The molecule has 0 spiro atoms. The van der Waals surface area contributed by atoms with Crippen molar-refractivity contribution >= 4 is 28.7 Å². The number of rotatable bonds is 11. The van der Waals surface area contributed by atoms with Crippen LogP contribution >= 0.6 is 0 Å². The third-order valence-electron chi connectivity index (χ3n) is 7.96. The SMILES string of the molecule is CC(C)(C)[Si](C)(C)O[C@@H](C/C=C/[C@H]1CC=CC(=O)O1)C[C@H](/C=C/c1ccccc1)O[Si](C)(C)C(C)(C)C. The molecule has 1 heterocycles. The van der Waals surface area contributed by atoms with Crippen molar-refractivity contribution in [3.8, 4) is 0 Å². The summed E-state index contributed by atoms with van der Waals surface area (Å²) in [5, 5.41) is 0.216. The van der Waals surface area contributed by atoms with Crippen LogP contribution in [0.3, 0.4) is 0 Å². The Labute approximate surface area is 228 Å². The fraction of sp³-hybridized carbons (Fsp3) is 0.581. The number of hydrogen-bond acceptors (Lipinski definition) is 4. The van der Waals surface area contributed by atoms with Crippen LogP contribution in [0.1, 0.15) is 66.4 Å². The predicted molar refractivity (Wildman–Crippen MR) is 162 cm³/mol. The van der Waals surface area contributed by atoms with Gasteiger partial charge in [-0.15, -0.1) is 0 Å². The molecule has 1 aliphatic rings. The summed E-state index contributed by atoms with van der Waals surface area (Å²) in [5.41, 5.74) is 1.17. The number of carbonyl (C=O) groups excluding carboxylic acids is 1. The summed E-state index contributed by atoms with van der Waals surface area (Å²) >= 11 is 0. The van der Waals surface area contributed by atoms with E-state index < -0.39 is 16.6 Å². The van der Waals surface area contributed by atoms with Crippen molar-refractivity contribution in [2.75, 3.05) is 0 Å². The van der Waals surface area contributed by atoms with E-state index in [9.17, 15) is 4.79 Å². The summed E-state index contributed by atoms with van der Waals surface area (Å²) in [5.74, 6) is -0.274. The van der Waals surface area contributed by atoms with Gasteiger partial charge in [0.2, 0.25) is 0 Å². The topological polar surface area (TPSA) is 44.8 Å². The number of cyclic esters (lactones) is 1. The lowest BCUT2D eigenvalue weighted by Crippen LogP contribution is -2.47. The van der Waals surface area contributed by atoms with E-state index in [1.165, 1.54) is 11.6 Å². The monoisotopic (exact) mass is 542 g/mol. The first-order valence-electron chi connectivity index (χ1n) is 13.6. The van der Waals surface area contributed by atoms with E-state index in [1.807, 2.05) is 18.2 Å². The van der Waals surface area contributed by atoms with Gasteiger partial charge in [0.25, 0.3) is 0 Å². The zero-order valence-corrected chi connectivity index (χ0v) is 26.8. The number of hydrogen-bond donors (Lipinski definition) is 0. The second kappa shape index (κ2) is 12.9. The van der Waals surface area contributed by atoms with E-state index in [0.29, 0.717) is 6.42 Å². The standard InChI is InChI=1S/C31H50O4Si2/c1-30(2,3)36(7,8)34-27(20-14-18-26-19-15-21-29(32)33-26)24-28(35-37(9,10)31(4,5)6)23-22-25-16-12-11-13-17-25/h11-18,21-23,26-28H,19-20,24H2,1-10H3/b18-14+,23-22+/t26-,27-,28-/m0/s1. The average molecular weight is 543 g/mol. The highest BCUT2D eigenvalue weighted by Crippen LogP contribution is 2.40. The lowest BCUT2D eigenvalue weighted by molar-refractivity contribution is -0.141. The van der Waals surface area contributed by atoms with Gasteiger partial charge in [-0.2, -0.15) is 0 Å². The quantitative estimate of drug-likeness (QED) is 0.159. The van der Waals surface area contributed by atoms with Crippen LogP contribution in [0.5, 0.6) is 0 Å². The van der Waals surface area contributed by atoms with E-state index in [-0.39, 0.29) is 34.4 Å². The smallest absolute Gasteiger partial charge is 0.331 e. The summed E-state index contributed by atoms with van der Waals surface area (Å²) in [6.45, 7) is 22.9. The van der Waals surface area contributed by atoms with Crippen molar-refractivity contribution in [3.05, 3.63) is 66.3 Å². The third-order valence-corrected chi connectivity index (χ3v) is 17.0. The van der Waals surface area contributed by atoms with Gasteiger partial charge in [-0.3, -0.25) is 0 Å². The van der Waals surface area contributed by atoms with Crippen LogP contribution in [-0.2, 0) is 18.4 Å². The van der Waals surface area contributed by atoms with Crippen molar-refractivity contribution in [2.24, 2.45) is 0 Å². The lowest BCUT2D eigenvalue weighted by Gasteiger charge is -2.42. The first kappa shape index (κ1) is 31.5. The molecule has 0 saturated heterocycles. The Kier molecular flexibility index (Phi) is 11.0. The summed E-state index contributed by atoms with van der Waals surface area (Å²) in [4.78, 5) is 11.6. The Morgan fingerprint density at radius 3 is 2.14 bits per heavy atom. The highest BCUT2D eigenvalue weighted by atomic mass is 28.4. The van der Waals surface area contributed by atoms with Gasteiger partial charge in [0.1, 0.15) is 6.10 Å². The first-order chi connectivity index (χ1) is 17.0. The largest absolute Gasteiger partial charge is 0.455 e. The molecule has 0 radical (unpaired) electrons. The molecule has 0 aliphatic carbocycles. The number of carbonyl (C=O) groups is 1. The van der Waals surface area contributed by atoms with Crippen LogP contribution in [0.2, 0.25) is 36.3 Å². The molecular formula is C31H50O4Si2. The minimum absolute atomic E-state index is 0.00201. The van der Waals surface area contributed by atoms with E-state index in [4.69, 9.17) is 13.6 Å². The average Bonchev–Trinajstić information content (AvgIpc) is 2.76. The lowest BCUT2D eigenvalue weighted by atomic mass is 10.1. The van der Waals surface area contributed by atoms with Gasteiger partial charge in [-0.1, -0.05) is 96.2 Å². The molecule has 37 heavy (non-hydrogen) atoms. The summed E-state index contributed by atoms with van der Waals surface area (Å²) in [6.07, 6.45) is 13.9. The third kappa shape index (κ3) is 10.2. The minimum Gasteiger partial charge on any atom is -0.455 e. The van der Waals surface area contributed by atoms with Crippen LogP contribution in [-0.4, -0.2) is 40.9 Å². The van der Waals surface area contributed by atoms with Crippen molar-refractivity contribution < 1.29 is 18.4 Å². The highest BCUT2D eigenvalue weighted by Gasteiger charge is 2.41. The zero-order chi connectivity index (χ0) is 27.9. The maximum Gasteiger partial charge on any atom is 0.331 e. The second-order valence-electron chi connectivity index (χ2n) is 13.2. The Bertz CT molecular complexity index is 950. The highest BCUT2D eigenvalue weighted by molar-refractivity contribution is 6.74. The van der Waals surface area contributed by atoms with Crippen molar-refractivity contribution in [2.45, 2.75) is 115 Å². The molecule has 1 aromatic carbocycles. The summed E-state index contributed by atoms with van der Waals surface area (Å²) in [6, 6.07) is 10.4. The van der Waals surface area contributed by atoms with E-state index in [2.05, 4.69) is 110 Å². The van der Waals surface area contributed by atoms with Gasteiger partial charge < -0.3 is 13.6 Å². The van der Waals surface area contributed by atoms with Gasteiger partial charge >= 0.3 is 5.97 Å². The molecule has 0 bridgehead atoms. The van der Waals surface area contributed by atoms with Gasteiger partial charge in [-0.25, -0.2) is 4.79 Å².